The minimum absolute atomic E-state index is 0.468. The highest BCUT2D eigenvalue weighted by molar-refractivity contribution is 5.63. The quantitative estimate of drug-likeness (QED) is 0.814. The number of aromatic nitrogens is 2. The second kappa shape index (κ2) is 3.64. The molecule has 2 nitrogen and oxygen atoms in total. The van der Waals surface area contributed by atoms with Crippen LogP contribution in [0.25, 0.3) is 11.4 Å². The zero-order valence-corrected chi connectivity index (χ0v) is 10.3. The van der Waals surface area contributed by atoms with Crippen molar-refractivity contribution in [1.29, 1.82) is 0 Å². The van der Waals surface area contributed by atoms with Crippen molar-refractivity contribution in [3.63, 3.8) is 0 Å². The minimum atomic E-state index is 0.468. The van der Waals surface area contributed by atoms with Gasteiger partial charge in [-0.15, -0.1) is 0 Å². The molecular weight excluding hydrogens is 220 g/mol. The van der Waals surface area contributed by atoms with E-state index in [9.17, 15) is 0 Å². The van der Waals surface area contributed by atoms with E-state index < -0.39 is 0 Å². The molecule has 2 aliphatic rings. The molecule has 2 fully saturated rings. The second-order valence-corrected chi connectivity index (χ2v) is 5.55. The van der Waals surface area contributed by atoms with Crippen molar-refractivity contribution in [3.8, 4) is 11.4 Å². The van der Waals surface area contributed by atoms with Gasteiger partial charge in [-0.25, -0.2) is 9.97 Å². The van der Waals surface area contributed by atoms with E-state index in [1.54, 1.807) is 0 Å². The van der Waals surface area contributed by atoms with Gasteiger partial charge in [0.25, 0.3) is 0 Å². The minimum Gasteiger partial charge on any atom is -0.237 e. The summed E-state index contributed by atoms with van der Waals surface area (Å²) in [6, 6.07) is 10.6. The number of benzene rings is 1. The molecule has 0 aliphatic heterocycles. The Morgan fingerprint density at radius 3 is 2.33 bits per heavy atom. The van der Waals surface area contributed by atoms with Crippen molar-refractivity contribution in [2.45, 2.75) is 31.1 Å². The molecular formula is C16H16N2. The summed E-state index contributed by atoms with van der Waals surface area (Å²) in [6.07, 6.45) is 9.17. The fraction of sp³-hybridized carbons (Fsp3) is 0.375. The molecule has 0 bridgehead atoms. The van der Waals surface area contributed by atoms with Crippen LogP contribution in [0.3, 0.4) is 0 Å². The first kappa shape index (κ1) is 10.2. The van der Waals surface area contributed by atoms with Crippen LogP contribution < -0.4 is 0 Å². The first-order valence-electron chi connectivity index (χ1n) is 6.77. The molecule has 0 amide bonds. The molecule has 2 aromatic rings. The van der Waals surface area contributed by atoms with E-state index in [0.29, 0.717) is 5.41 Å². The lowest BCUT2D eigenvalue weighted by molar-refractivity contribution is 0.598. The Hall–Kier alpha value is -1.70. The van der Waals surface area contributed by atoms with E-state index in [-0.39, 0.29) is 0 Å². The van der Waals surface area contributed by atoms with E-state index in [2.05, 4.69) is 34.2 Å². The maximum Gasteiger partial charge on any atom is 0.159 e. The Morgan fingerprint density at radius 2 is 1.67 bits per heavy atom. The van der Waals surface area contributed by atoms with E-state index in [1.807, 2.05) is 18.5 Å². The van der Waals surface area contributed by atoms with Crippen LogP contribution >= 0.6 is 0 Å². The normalized spacial score (nSPS) is 20.7. The second-order valence-electron chi connectivity index (χ2n) is 5.55. The van der Waals surface area contributed by atoms with Crippen molar-refractivity contribution < 1.29 is 0 Å². The van der Waals surface area contributed by atoms with Crippen molar-refractivity contribution in [1.82, 2.24) is 9.97 Å². The van der Waals surface area contributed by atoms with Crippen LogP contribution in [0.15, 0.2) is 42.7 Å². The van der Waals surface area contributed by atoms with Gasteiger partial charge in [0.05, 0.1) is 0 Å². The van der Waals surface area contributed by atoms with Crippen molar-refractivity contribution >= 4 is 0 Å². The lowest BCUT2D eigenvalue weighted by Crippen LogP contribution is -2.11. The van der Waals surface area contributed by atoms with Gasteiger partial charge in [-0.3, -0.25) is 0 Å². The van der Waals surface area contributed by atoms with E-state index >= 15 is 0 Å². The number of rotatable bonds is 3. The smallest absolute Gasteiger partial charge is 0.159 e. The molecule has 0 spiro atoms. The summed E-state index contributed by atoms with van der Waals surface area (Å²) >= 11 is 0. The molecule has 2 saturated carbocycles. The highest BCUT2D eigenvalue weighted by atomic mass is 14.9. The molecule has 2 heteroatoms. The first-order chi connectivity index (χ1) is 8.90. The maximum absolute atomic E-state index is 4.42. The van der Waals surface area contributed by atoms with Gasteiger partial charge in [0, 0.05) is 18.0 Å². The third-order valence-corrected chi connectivity index (χ3v) is 4.42. The molecule has 0 N–H and O–H groups in total. The summed E-state index contributed by atoms with van der Waals surface area (Å²) in [6.45, 7) is 0. The van der Waals surface area contributed by atoms with Gasteiger partial charge in [0.1, 0.15) is 0 Å². The standard InChI is InChI=1S/C16H16N2/c1-2-5-14(16(8-9-16)12-6-7-12)13(4-1)15-17-10-3-11-18-15/h1-5,10-12H,6-9H2. The number of hydrogen-bond donors (Lipinski definition) is 0. The zero-order chi connectivity index (χ0) is 12.0. The van der Waals surface area contributed by atoms with Gasteiger partial charge in [-0.1, -0.05) is 24.3 Å². The Labute approximate surface area is 107 Å². The monoisotopic (exact) mass is 236 g/mol. The van der Waals surface area contributed by atoms with Gasteiger partial charge in [0.15, 0.2) is 5.82 Å². The number of hydrogen-bond acceptors (Lipinski definition) is 2. The summed E-state index contributed by atoms with van der Waals surface area (Å²) in [5, 5.41) is 0. The van der Waals surface area contributed by atoms with Crippen LogP contribution in [0.1, 0.15) is 31.2 Å². The molecule has 0 radical (unpaired) electrons. The van der Waals surface area contributed by atoms with Gasteiger partial charge < -0.3 is 0 Å². The van der Waals surface area contributed by atoms with E-state index in [4.69, 9.17) is 0 Å². The van der Waals surface area contributed by atoms with Crippen LogP contribution in [0.5, 0.6) is 0 Å². The summed E-state index contributed by atoms with van der Waals surface area (Å²) in [7, 11) is 0. The molecule has 1 aromatic heterocycles. The average Bonchev–Trinajstić information content (AvgIpc) is 3.31. The van der Waals surface area contributed by atoms with Crippen molar-refractivity contribution in [2.75, 3.05) is 0 Å². The Morgan fingerprint density at radius 1 is 0.944 bits per heavy atom. The van der Waals surface area contributed by atoms with Crippen LogP contribution in [0, 0.1) is 5.92 Å². The third-order valence-electron chi connectivity index (χ3n) is 4.42. The highest BCUT2D eigenvalue weighted by Gasteiger charge is 2.55. The largest absolute Gasteiger partial charge is 0.237 e. The predicted octanol–water partition coefficient (Wildman–Crippen LogP) is 3.59. The van der Waals surface area contributed by atoms with Gasteiger partial charge in [0.2, 0.25) is 0 Å². The first-order valence-corrected chi connectivity index (χ1v) is 6.77. The van der Waals surface area contributed by atoms with Gasteiger partial charge >= 0.3 is 0 Å². The molecule has 4 rings (SSSR count). The molecule has 90 valence electrons. The lowest BCUT2D eigenvalue weighted by Gasteiger charge is -2.18. The average molecular weight is 236 g/mol. The Balaban J connectivity index is 1.85. The maximum atomic E-state index is 4.42. The van der Waals surface area contributed by atoms with E-state index in [0.717, 1.165) is 11.7 Å². The van der Waals surface area contributed by atoms with Crippen LogP contribution in [0.2, 0.25) is 0 Å². The predicted molar refractivity (Wildman–Crippen MR) is 71.1 cm³/mol. The highest BCUT2D eigenvalue weighted by Crippen LogP contribution is 2.63. The van der Waals surface area contributed by atoms with Gasteiger partial charge in [-0.2, -0.15) is 0 Å². The van der Waals surface area contributed by atoms with Crippen LogP contribution in [-0.4, -0.2) is 9.97 Å². The van der Waals surface area contributed by atoms with Crippen molar-refractivity contribution in [2.24, 2.45) is 5.92 Å². The van der Waals surface area contributed by atoms with Crippen LogP contribution in [-0.2, 0) is 5.41 Å². The SMILES string of the molecule is c1cnc(-c2ccccc2C2(C3CC3)CC2)nc1. The summed E-state index contributed by atoms with van der Waals surface area (Å²) in [4.78, 5) is 8.84. The lowest BCUT2D eigenvalue weighted by atomic mass is 9.87. The van der Waals surface area contributed by atoms with E-state index in [1.165, 1.54) is 36.8 Å². The Kier molecular flexibility index (Phi) is 2.07. The molecule has 0 saturated heterocycles. The molecule has 1 heterocycles. The molecule has 0 atom stereocenters. The fourth-order valence-electron chi connectivity index (χ4n) is 3.22. The summed E-state index contributed by atoms with van der Waals surface area (Å²) in [5.74, 6) is 1.79. The fourth-order valence-corrected chi connectivity index (χ4v) is 3.22. The molecule has 0 unspecified atom stereocenters. The summed E-state index contributed by atoms with van der Waals surface area (Å²) in [5.41, 5.74) is 3.19. The summed E-state index contributed by atoms with van der Waals surface area (Å²) < 4.78 is 0. The Bertz CT molecular complexity index is 569. The molecule has 1 aromatic carbocycles. The third kappa shape index (κ3) is 1.48. The molecule has 18 heavy (non-hydrogen) atoms. The van der Waals surface area contributed by atoms with Crippen molar-refractivity contribution in [3.05, 3.63) is 48.3 Å². The number of nitrogens with zero attached hydrogens (tertiary/aromatic N) is 2. The zero-order valence-electron chi connectivity index (χ0n) is 10.3. The van der Waals surface area contributed by atoms with Gasteiger partial charge in [-0.05, 0) is 48.6 Å². The van der Waals surface area contributed by atoms with Crippen LogP contribution in [0.4, 0.5) is 0 Å². The molecule has 2 aliphatic carbocycles. The topological polar surface area (TPSA) is 25.8 Å².